The third kappa shape index (κ3) is 5.46. The Morgan fingerprint density at radius 1 is 1.22 bits per heavy atom. The average Bonchev–Trinajstić information content (AvgIpc) is 3.48. The van der Waals surface area contributed by atoms with Crippen molar-refractivity contribution in [3.63, 3.8) is 0 Å². The highest BCUT2D eigenvalue weighted by atomic mass is 35.5. The molecule has 12 heteroatoms. The lowest BCUT2D eigenvalue weighted by Crippen LogP contribution is -2.51. The number of amides is 1. The van der Waals surface area contributed by atoms with Crippen LogP contribution in [0.1, 0.15) is 54.2 Å². The number of hydrogen-bond donors (Lipinski definition) is 0. The number of carboxylic acids is 1. The largest absolute Gasteiger partial charge is 0.543 e. The van der Waals surface area contributed by atoms with Crippen LogP contribution in [0.15, 0.2) is 24.4 Å². The highest BCUT2D eigenvalue weighted by Crippen LogP contribution is 2.35. The minimum atomic E-state index is -4.39. The number of hydrogen-bond acceptors (Lipinski definition) is 6. The summed E-state index contributed by atoms with van der Waals surface area (Å²) in [5.74, 6) is -1.56. The maximum absolute atomic E-state index is 13.4. The fraction of sp³-hybridized carbons (Fsp3) is 0.542. The topological polar surface area (TPSA) is 84.7 Å². The molecule has 1 aromatic heterocycles. The second-order valence-electron chi connectivity index (χ2n) is 9.51. The Bertz CT molecular complexity index is 1130. The second kappa shape index (κ2) is 10.3. The molecule has 2 aliphatic heterocycles. The highest BCUT2D eigenvalue weighted by Gasteiger charge is 2.34. The summed E-state index contributed by atoms with van der Waals surface area (Å²) in [6.07, 6.45) is -0.0273. The van der Waals surface area contributed by atoms with Gasteiger partial charge in [-0.05, 0) is 57.4 Å². The summed E-state index contributed by atoms with van der Waals surface area (Å²) in [5, 5.41) is 14.6. The van der Waals surface area contributed by atoms with Gasteiger partial charge in [-0.1, -0.05) is 17.7 Å². The van der Waals surface area contributed by atoms with E-state index in [1.165, 1.54) is 6.07 Å². The number of carboxylic acid groups (broad SMARTS) is 1. The molecule has 1 unspecified atom stereocenters. The SMILES string of the molecule is C[C@H]1CC(N(C)Cc2ccc(C(F)(F)F)cc2N2CCCC2)CCN1C(=O)n1cc(Cl)c(C(=O)[O-])n1. The number of alkyl halides is 3. The molecular weight excluding hydrogens is 499 g/mol. The summed E-state index contributed by atoms with van der Waals surface area (Å²) < 4.78 is 41.0. The molecule has 3 heterocycles. The fourth-order valence-corrected chi connectivity index (χ4v) is 5.28. The van der Waals surface area contributed by atoms with Crippen LogP contribution in [0, 0.1) is 0 Å². The zero-order chi connectivity index (χ0) is 26.2. The van der Waals surface area contributed by atoms with Crippen molar-refractivity contribution >= 4 is 29.3 Å². The molecule has 0 N–H and O–H groups in total. The first-order valence-electron chi connectivity index (χ1n) is 11.9. The number of rotatable bonds is 5. The van der Waals surface area contributed by atoms with Crippen LogP contribution >= 0.6 is 11.6 Å². The van der Waals surface area contributed by atoms with E-state index in [2.05, 4.69) is 10.00 Å². The normalized spacial score (nSPS) is 20.9. The van der Waals surface area contributed by atoms with Crippen LogP contribution in [0.5, 0.6) is 0 Å². The molecule has 2 atom stereocenters. The minimum Gasteiger partial charge on any atom is -0.543 e. The summed E-state index contributed by atoms with van der Waals surface area (Å²) >= 11 is 5.85. The molecule has 8 nitrogen and oxygen atoms in total. The van der Waals surface area contributed by atoms with Crippen LogP contribution in [0.2, 0.25) is 5.02 Å². The molecule has 0 aliphatic carbocycles. The Labute approximate surface area is 212 Å². The van der Waals surface area contributed by atoms with E-state index in [-0.39, 0.29) is 17.1 Å². The van der Waals surface area contributed by atoms with Crippen LogP contribution in [0.4, 0.5) is 23.7 Å². The van der Waals surface area contributed by atoms with Gasteiger partial charge in [-0.25, -0.2) is 4.79 Å². The maximum atomic E-state index is 13.4. The van der Waals surface area contributed by atoms with Crippen LogP contribution in [0.25, 0.3) is 0 Å². The molecule has 2 fully saturated rings. The van der Waals surface area contributed by atoms with Gasteiger partial charge in [-0.15, -0.1) is 0 Å². The van der Waals surface area contributed by atoms with Crippen LogP contribution in [-0.2, 0) is 12.7 Å². The van der Waals surface area contributed by atoms with Gasteiger partial charge in [-0.2, -0.15) is 23.0 Å². The molecular formula is C24H28ClF3N5O3-. The highest BCUT2D eigenvalue weighted by molar-refractivity contribution is 6.33. The first-order chi connectivity index (χ1) is 17.0. The molecule has 0 bridgehead atoms. The van der Waals surface area contributed by atoms with Gasteiger partial charge in [-0.3, -0.25) is 4.90 Å². The molecule has 1 aromatic carbocycles. The Balaban J connectivity index is 1.45. The van der Waals surface area contributed by atoms with E-state index < -0.39 is 29.4 Å². The lowest BCUT2D eigenvalue weighted by molar-refractivity contribution is -0.255. The molecule has 36 heavy (non-hydrogen) atoms. The fourth-order valence-electron chi connectivity index (χ4n) is 5.08. The monoisotopic (exact) mass is 526 g/mol. The number of aromatic carboxylic acids is 1. The number of benzene rings is 1. The molecule has 0 radical (unpaired) electrons. The number of anilines is 1. The van der Waals surface area contributed by atoms with Gasteiger partial charge < -0.3 is 19.7 Å². The van der Waals surface area contributed by atoms with Gasteiger partial charge in [0.25, 0.3) is 0 Å². The van der Waals surface area contributed by atoms with Crippen LogP contribution in [-0.4, -0.2) is 70.3 Å². The lowest BCUT2D eigenvalue weighted by atomic mass is 9.96. The standard InChI is InChI=1S/C24H29ClF3N5O3/c1-15-11-18(7-10-32(15)23(36)33-14-19(25)21(29-33)22(34)35)30(2)13-16-5-6-17(24(26,27)28)12-20(16)31-8-3-4-9-31/h5-6,12,14-15,18H,3-4,7-11,13H2,1-2H3,(H,34,35)/p-1/t15-,18?/m0/s1. The van der Waals surface area contributed by atoms with Crippen molar-refractivity contribution in [2.75, 3.05) is 31.6 Å². The number of nitrogens with zero attached hydrogens (tertiary/aromatic N) is 5. The van der Waals surface area contributed by atoms with Gasteiger partial charge in [0, 0.05) is 44.0 Å². The summed E-state index contributed by atoms with van der Waals surface area (Å²) in [7, 11) is 1.94. The summed E-state index contributed by atoms with van der Waals surface area (Å²) in [6.45, 7) is 4.29. The molecule has 0 saturated carbocycles. The second-order valence-corrected chi connectivity index (χ2v) is 9.92. The van der Waals surface area contributed by atoms with E-state index in [1.54, 1.807) is 11.0 Å². The Hall–Kier alpha value is -2.79. The maximum Gasteiger partial charge on any atom is 0.416 e. The third-order valence-electron chi connectivity index (χ3n) is 7.06. The number of aromatic nitrogens is 2. The first-order valence-corrected chi connectivity index (χ1v) is 12.3. The van der Waals surface area contributed by atoms with E-state index in [9.17, 15) is 27.9 Å². The van der Waals surface area contributed by atoms with Gasteiger partial charge in [0.05, 0.1) is 22.8 Å². The van der Waals surface area contributed by atoms with Crippen LogP contribution < -0.4 is 10.0 Å². The van der Waals surface area contributed by atoms with Gasteiger partial charge in [0.2, 0.25) is 0 Å². The zero-order valence-corrected chi connectivity index (χ0v) is 20.8. The van der Waals surface area contributed by atoms with E-state index in [4.69, 9.17) is 11.6 Å². The average molecular weight is 527 g/mol. The van der Waals surface area contributed by atoms with Crippen molar-refractivity contribution in [2.24, 2.45) is 0 Å². The lowest BCUT2D eigenvalue weighted by Gasteiger charge is -2.41. The Kier molecular flexibility index (Phi) is 7.51. The minimum absolute atomic E-state index is 0.109. The predicted molar refractivity (Wildman–Crippen MR) is 126 cm³/mol. The van der Waals surface area contributed by atoms with Gasteiger partial charge in [0.15, 0.2) is 0 Å². The number of piperidine rings is 1. The number of carbonyl (C=O) groups is 2. The van der Waals surface area contributed by atoms with E-state index in [0.717, 1.165) is 48.4 Å². The molecule has 1 amide bonds. The van der Waals surface area contributed by atoms with Crippen molar-refractivity contribution in [3.8, 4) is 0 Å². The van der Waals surface area contributed by atoms with Crippen molar-refractivity contribution in [1.82, 2.24) is 19.6 Å². The Morgan fingerprint density at radius 3 is 2.50 bits per heavy atom. The van der Waals surface area contributed by atoms with Crippen LogP contribution in [0.3, 0.4) is 0 Å². The zero-order valence-electron chi connectivity index (χ0n) is 20.1. The molecule has 2 saturated heterocycles. The molecule has 4 rings (SSSR count). The molecule has 0 spiro atoms. The molecule has 2 aliphatic rings. The van der Waals surface area contributed by atoms with Crippen molar-refractivity contribution in [2.45, 2.75) is 57.4 Å². The van der Waals surface area contributed by atoms with Crippen molar-refractivity contribution in [1.29, 1.82) is 0 Å². The summed E-state index contributed by atoms with van der Waals surface area (Å²) in [4.78, 5) is 29.8. The summed E-state index contributed by atoms with van der Waals surface area (Å²) in [5.41, 5.74) is 0.350. The van der Waals surface area contributed by atoms with E-state index >= 15 is 0 Å². The first kappa shape index (κ1) is 26.3. The number of carbonyl (C=O) groups excluding carboxylic acids is 2. The van der Waals surface area contributed by atoms with Gasteiger partial charge in [0.1, 0.15) is 5.69 Å². The molecule has 2 aromatic rings. The number of likely N-dealkylation sites (tertiary alicyclic amines) is 1. The van der Waals surface area contributed by atoms with Crippen molar-refractivity contribution in [3.05, 3.63) is 46.2 Å². The smallest absolute Gasteiger partial charge is 0.416 e. The summed E-state index contributed by atoms with van der Waals surface area (Å²) in [6, 6.07) is 3.44. The van der Waals surface area contributed by atoms with E-state index in [1.807, 2.05) is 18.9 Å². The third-order valence-corrected chi connectivity index (χ3v) is 7.33. The quantitative estimate of drug-likeness (QED) is 0.593. The van der Waals surface area contributed by atoms with Crippen molar-refractivity contribution < 1.29 is 27.9 Å². The van der Waals surface area contributed by atoms with Gasteiger partial charge >= 0.3 is 12.2 Å². The van der Waals surface area contributed by atoms with E-state index in [0.29, 0.717) is 31.6 Å². The molecule has 196 valence electrons. The Morgan fingerprint density at radius 2 is 1.92 bits per heavy atom. The predicted octanol–water partition coefficient (Wildman–Crippen LogP) is 3.47. The number of halogens is 4.